The molecule has 1 aromatic carbocycles. The zero-order valence-corrected chi connectivity index (χ0v) is 17.8. The maximum atomic E-state index is 12.0. The van der Waals surface area contributed by atoms with E-state index in [1.165, 1.54) is 0 Å². The van der Waals surface area contributed by atoms with Gasteiger partial charge in [0.2, 0.25) is 5.91 Å². The molecule has 0 unspecified atom stereocenters. The molecule has 2 amide bonds. The summed E-state index contributed by atoms with van der Waals surface area (Å²) in [6.07, 6.45) is 5.65. The van der Waals surface area contributed by atoms with Crippen molar-refractivity contribution in [3.05, 3.63) is 35.4 Å². The largest absolute Gasteiger partial charge is 0.357 e. The van der Waals surface area contributed by atoms with Gasteiger partial charge in [0.25, 0.3) is 5.91 Å². The van der Waals surface area contributed by atoms with Gasteiger partial charge in [-0.3, -0.25) is 14.6 Å². The molecular weight excluding hydrogens is 366 g/mol. The van der Waals surface area contributed by atoms with Crippen LogP contribution in [0.15, 0.2) is 29.3 Å². The van der Waals surface area contributed by atoms with E-state index < -0.39 is 0 Å². The molecule has 0 aliphatic carbocycles. The smallest absolute Gasteiger partial charge is 0.251 e. The van der Waals surface area contributed by atoms with E-state index in [0.717, 1.165) is 69.8 Å². The van der Waals surface area contributed by atoms with Gasteiger partial charge in [-0.05, 0) is 50.3 Å². The van der Waals surface area contributed by atoms with E-state index in [9.17, 15) is 9.59 Å². The summed E-state index contributed by atoms with van der Waals surface area (Å²) >= 11 is 0. The van der Waals surface area contributed by atoms with Crippen molar-refractivity contribution >= 4 is 17.8 Å². The molecule has 0 atom stereocenters. The van der Waals surface area contributed by atoms with Crippen molar-refractivity contribution in [3.8, 4) is 0 Å². The molecule has 1 aliphatic rings. The van der Waals surface area contributed by atoms with Gasteiger partial charge in [0.05, 0.1) is 0 Å². The lowest BCUT2D eigenvalue weighted by molar-refractivity contribution is -0.130. The van der Waals surface area contributed by atoms with E-state index in [1.807, 2.05) is 36.1 Å². The summed E-state index contributed by atoms with van der Waals surface area (Å²) in [4.78, 5) is 30.4. The van der Waals surface area contributed by atoms with Crippen LogP contribution < -0.4 is 16.0 Å². The van der Waals surface area contributed by atoms with E-state index in [4.69, 9.17) is 0 Å². The lowest BCUT2D eigenvalue weighted by Gasteiger charge is -2.20. The fourth-order valence-electron chi connectivity index (χ4n) is 3.41. The normalized spacial score (nSPS) is 15.0. The van der Waals surface area contributed by atoms with Crippen LogP contribution in [0.1, 0.15) is 54.9 Å². The highest BCUT2D eigenvalue weighted by atomic mass is 16.2. The lowest BCUT2D eigenvalue weighted by atomic mass is 10.1. The molecule has 1 saturated heterocycles. The van der Waals surface area contributed by atoms with Gasteiger partial charge >= 0.3 is 0 Å². The third-order valence-corrected chi connectivity index (χ3v) is 4.99. The molecule has 0 aromatic heterocycles. The van der Waals surface area contributed by atoms with Crippen molar-refractivity contribution in [3.63, 3.8) is 0 Å². The highest BCUT2D eigenvalue weighted by molar-refractivity contribution is 5.94. The molecule has 0 spiro atoms. The average Bonchev–Trinajstić information content (AvgIpc) is 2.94. The number of likely N-dealkylation sites (tertiary alicyclic amines) is 1. The fraction of sp³-hybridized carbons (Fsp3) is 0.591. The van der Waals surface area contributed by atoms with E-state index in [0.29, 0.717) is 18.5 Å². The molecule has 160 valence electrons. The van der Waals surface area contributed by atoms with Crippen molar-refractivity contribution in [2.24, 2.45) is 4.99 Å². The maximum absolute atomic E-state index is 12.0. The summed E-state index contributed by atoms with van der Waals surface area (Å²) < 4.78 is 0. The second-order valence-electron chi connectivity index (χ2n) is 7.26. The first-order chi connectivity index (χ1) is 14.1. The van der Waals surface area contributed by atoms with Crippen LogP contribution in [0.2, 0.25) is 0 Å². The molecule has 1 aliphatic heterocycles. The third kappa shape index (κ3) is 8.13. The van der Waals surface area contributed by atoms with Gasteiger partial charge in [-0.25, -0.2) is 0 Å². The van der Waals surface area contributed by atoms with Crippen LogP contribution in [0.5, 0.6) is 0 Å². The monoisotopic (exact) mass is 401 g/mol. The molecule has 7 heteroatoms. The number of guanidine groups is 1. The van der Waals surface area contributed by atoms with Gasteiger partial charge in [-0.1, -0.05) is 18.6 Å². The molecule has 1 fully saturated rings. The minimum atomic E-state index is -0.0717. The number of carbonyl (C=O) groups is 2. The summed E-state index contributed by atoms with van der Waals surface area (Å²) in [6, 6.07) is 7.67. The van der Waals surface area contributed by atoms with Crippen LogP contribution in [0.3, 0.4) is 0 Å². The Bertz CT molecular complexity index is 690. The molecule has 29 heavy (non-hydrogen) atoms. The topological polar surface area (TPSA) is 85.8 Å². The molecule has 0 bridgehead atoms. The van der Waals surface area contributed by atoms with Crippen LogP contribution in [-0.2, 0) is 11.2 Å². The zero-order valence-electron chi connectivity index (χ0n) is 17.8. The first kappa shape index (κ1) is 22.7. The summed E-state index contributed by atoms with van der Waals surface area (Å²) in [5.41, 5.74) is 1.78. The van der Waals surface area contributed by atoms with Crippen molar-refractivity contribution in [1.82, 2.24) is 20.9 Å². The van der Waals surface area contributed by atoms with Gasteiger partial charge in [-0.15, -0.1) is 0 Å². The third-order valence-electron chi connectivity index (χ3n) is 4.99. The second kappa shape index (κ2) is 12.8. The predicted octanol–water partition coefficient (Wildman–Crippen LogP) is 1.94. The summed E-state index contributed by atoms with van der Waals surface area (Å²) in [6.45, 7) is 5.92. The number of aliphatic imine (C=N–C) groups is 1. The van der Waals surface area contributed by atoms with E-state index in [1.54, 1.807) is 7.05 Å². The standard InChI is InChI=1S/C22H35N5O2/c1-3-24-22(25-13-8-16-27-15-6-4-5-11-20(27)28)26-14-12-18-9-7-10-19(17-18)21(29)23-2/h7,9-10,17H,3-6,8,11-16H2,1-2H3,(H,23,29)(H2,24,25,26). The van der Waals surface area contributed by atoms with Crippen LogP contribution in [0, 0.1) is 0 Å². The highest BCUT2D eigenvalue weighted by Gasteiger charge is 2.15. The minimum Gasteiger partial charge on any atom is -0.357 e. The number of hydrogen-bond donors (Lipinski definition) is 3. The highest BCUT2D eigenvalue weighted by Crippen LogP contribution is 2.11. The van der Waals surface area contributed by atoms with Gasteiger partial charge in [-0.2, -0.15) is 0 Å². The van der Waals surface area contributed by atoms with Gasteiger partial charge in [0.1, 0.15) is 0 Å². The van der Waals surface area contributed by atoms with Crippen LogP contribution in [0.4, 0.5) is 0 Å². The molecule has 0 radical (unpaired) electrons. The first-order valence-corrected chi connectivity index (χ1v) is 10.7. The molecule has 1 aromatic rings. The number of hydrogen-bond acceptors (Lipinski definition) is 3. The Morgan fingerprint density at radius 2 is 2.07 bits per heavy atom. The second-order valence-corrected chi connectivity index (χ2v) is 7.26. The Hall–Kier alpha value is -2.57. The summed E-state index contributed by atoms with van der Waals surface area (Å²) in [5, 5.41) is 9.26. The number of nitrogens with one attached hydrogen (secondary N) is 3. The van der Waals surface area contributed by atoms with E-state index in [-0.39, 0.29) is 11.8 Å². The molecule has 0 saturated carbocycles. The van der Waals surface area contributed by atoms with Gasteiger partial charge in [0.15, 0.2) is 5.96 Å². The van der Waals surface area contributed by atoms with Crippen LogP contribution in [-0.4, -0.2) is 62.4 Å². The quantitative estimate of drug-likeness (QED) is 0.335. The predicted molar refractivity (Wildman–Crippen MR) is 117 cm³/mol. The molecule has 2 rings (SSSR count). The maximum Gasteiger partial charge on any atom is 0.251 e. The molecule has 1 heterocycles. The molecule has 3 N–H and O–H groups in total. The Labute approximate surface area is 174 Å². The van der Waals surface area contributed by atoms with Crippen LogP contribution in [0.25, 0.3) is 0 Å². The van der Waals surface area contributed by atoms with Gasteiger partial charge < -0.3 is 20.9 Å². The van der Waals surface area contributed by atoms with E-state index in [2.05, 4.69) is 20.9 Å². The number of amides is 2. The van der Waals surface area contributed by atoms with Crippen molar-refractivity contribution in [2.45, 2.75) is 45.4 Å². The average molecular weight is 402 g/mol. The van der Waals surface area contributed by atoms with Crippen molar-refractivity contribution in [2.75, 3.05) is 39.8 Å². The number of nitrogens with zero attached hydrogens (tertiary/aromatic N) is 2. The first-order valence-electron chi connectivity index (χ1n) is 10.7. The fourth-order valence-corrected chi connectivity index (χ4v) is 3.41. The number of rotatable bonds is 9. The molecule has 7 nitrogen and oxygen atoms in total. The Morgan fingerprint density at radius 3 is 2.86 bits per heavy atom. The number of benzene rings is 1. The Kier molecular flexibility index (Phi) is 10.0. The Morgan fingerprint density at radius 1 is 1.21 bits per heavy atom. The zero-order chi connectivity index (χ0) is 20.9. The van der Waals surface area contributed by atoms with Crippen molar-refractivity contribution < 1.29 is 9.59 Å². The van der Waals surface area contributed by atoms with E-state index >= 15 is 0 Å². The van der Waals surface area contributed by atoms with Gasteiger partial charge in [0, 0.05) is 51.8 Å². The Balaban J connectivity index is 1.77. The summed E-state index contributed by atoms with van der Waals surface area (Å²) in [7, 11) is 1.64. The lowest BCUT2D eigenvalue weighted by Crippen LogP contribution is -2.38. The number of carbonyl (C=O) groups excluding carboxylic acids is 2. The summed E-state index contributed by atoms with van der Waals surface area (Å²) in [5.74, 6) is 1.00. The van der Waals surface area contributed by atoms with Crippen molar-refractivity contribution in [1.29, 1.82) is 0 Å². The SMILES string of the molecule is CCNC(=NCCCN1CCCCCC1=O)NCCc1cccc(C(=O)NC)c1. The van der Waals surface area contributed by atoms with Crippen LogP contribution >= 0.6 is 0 Å². The molecular formula is C22H35N5O2. The minimum absolute atomic E-state index is 0.0717.